The number of ketones is 1. The topological polar surface area (TPSA) is 171 Å². The van der Waals surface area contributed by atoms with E-state index < -0.39 is 73.2 Å². The molecule has 51 heavy (non-hydrogen) atoms. The van der Waals surface area contributed by atoms with E-state index in [4.69, 9.17) is 0 Å². The molecule has 5 rings (SSSR count). The number of hydrogen-bond acceptors (Lipinski definition) is 7. The van der Waals surface area contributed by atoms with Crippen LogP contribution in [-0.4, -0.2) is 90.1 Å². The SMILES string of the molecule is C=CCNC(=O)C(=O)[C@H](CC1CC1)NC(=O)[C@@H]1[C@@H]2[C@H](CN1C(=O)[C@@H](NC(=O)NC1(CS(=O)(=O)C(C)(C)C)CC3CCC(C3)C1)C(C)(C)C)C2(C)C. The number of nitrogens with zero attached hydrogens (tertiary/aromatic N) is 1. The van der Waals surface area contributed by atoms with Crippen LogP contribution in [-0.2, 0) is 29.0 Å². The number of rotatable bonds is 13. The van der Waals surface area contributed by atoms with E-state index in [9.17, 15) is 32.4 Å². The lowest BCUT2D eigenvalue weighted by Crippen LogP contribution is -2.64. The van der Waals surface area contributed by atoms with Crippen LogP contribution in [0.3, 0.4) is 0 Å². The molecule has 0 aromatic carbocycles. The van der Waals surface area contributed by atoms with Crippen LogP contribution in [0.15, 0.2) is 12.7 Å². The van der Waals surface area contributed by atoms with Crippen molar-refractivity contribution in [1.82, 2.24) is 26.2 Å². The molecule has 4 saturated carbocycles. The third-order valence-electron chi connectivity index (χ3n) is 12.5. The molecule has 0 radical (unpaired) electrons. The molecule has 4 N–H and O–H groups in total. The number of likely N-dealkylation sites (tertiary alicyclic amines) is 1. The monoisotopic (exact) mass is 731 g/mol. The molecule has 0 aromatic heterocycles. The average Bonchev–Trinajstić information content (AvgIpc) is 3.80. The normalized spacial score (nSPS) is 30.7. The Morgan fingerprint density at radius 2 is 1.55 bits per heavy atom. The van der Waals surface area contributed by atoms with E-state index in [1.807, 2.05) is 20.8 Å². The first-order valence-corrected chi connectivity index (χ1v) is 20.5. The molecule has 1 heterocycles. The molecule has 5 aliphatic rings. The van der Waals surface area contributed by atoms with Crippen molar-refractivity contribution in [2.24, 2.45) is 40.4 Å². The van der Waals surface area contributed by atoms with Gasteiger partial charge in [-0.3, -0.25) is 19.2 Å². The molecule has 5 amide bonds. The number of hydrogen-bond donors (Lipinski definition) is 4. The summed E-state index contributed by atoms with van der Waals surface area (Å²) in [6, 6.07) is -3.52. The van der Waals surface area contributed by atoms with Crippen molar-refractivity contribution >= 4 is 39.4 Å². The van der Waals surface area contributed by atoms with Gasteiger partial charge < -0.3 is 26.2 Å². The van der Waals surface area contributed by atoms with Gasteiger partial charge in [0.2, 0.25) is 17.6 Å². The Morgan fingerprint density at radius 3 is 2.08 bits per heavy atom. The molecule has 2 unspecified atom stereocenters. The standard InChI is InChI=1S/C38H61N5O7S/c1-10-15-39-32(46)29(44)26(17-22-11-12-22)40-31(45)28-27-25(37(27,8)9)20-43(28)33(47)30(35(2,3)4)41-34(48)42-38(21-51(49,50)36(5,6)7)18-23-13-14-24(16-23)19-38/h10,22-28,30H,1,11-21H2,2-9H3,(H,39,46)(H,40,45)(H2,41,42,48)/t23?,24?,25-,26-,27-,28-,30+,38?/m0/s1. The van der Waals surface area contributed by atoms with Crippen LogP contribution in [0.5, 0.6) is 0 Å². The maximum Gasteiger partial charge on any atom is 0.315 e. The van der Waals surface area contributed by atoms with E-state index in [1.54, 1.807) is 25.7 Å². The van der Waals surface area contributed by atoms with Crippen LogP contribution >= 0.6 is 0 Å². The highest BCUT2D eigenvalue weighted by Crippen LogP contribution is 2.65. The highest BCUT2D eigenvalue weighted by molar-refractivity contribution is 7.92. The quantitative estimate of drug-likeness (QED) is 0.166. The van der Waals surface area contributed by atoms with Crippen molar-refractivity contribution < 1.29 is 32.4 Å². The Labute approximate surface area is 304 Å². The fourth-order valence-corrected chi connectivity index (χ4v) is 10.7. The zero-order valence-electron chi connectivity index (χ0n) is 31.9. The van der Waals surface area contributed by atoms with Crippen molar-refractivity contribution in [2.75, 3.05) is 18.8 Å². The highest BCUT2D eigenvalue weighted by Gasteiger charge is 2.70. The molecule has 2 bridgehead atoms. The zero-order valence-corrected chi connectivity index (χ0v) is 32.7. The maximum absolute atomic E-state index is 14.6. The minimum absolute atomic E-state index is 0.0590. The fourth-order valence-electron chi connectivity index (χ4n) is 9.20. The van der Waals surface area contributed by atoms with Crippen molar-refractivity contribution in [3.05, 3.63) is 12.7 Å². The highest BCUT2D eigenvalue weighted by atomic mass is 32.2. The van der Waals surface area contributed by atoms with E-state index in [-0.39, 0.29) is 35.5 Å². The summed E-state index contributed by atoms with van der Waals surface area (Å²) in [6.45, 7) is 18.7. The largest absolute Gasteiger partial charge is 0.346 e. The number of piperidine rings is 1. The molecule has 286 valence electrons. The molecule has 0 spiro atoms. The maximum atomic E-state index is 14.6. The van der Waals surface area contributed by atoms with E-state index in [2.05, 4.69) is 41.7 Å². The molecular formula is C38H61N5O7S. The Morgan fingerprint density at radius 1 is 0.941 bits per heavy atom. The summed E-state index contributed by atoms with van der Waals surface area (Å²) < 4.78 is 26.1. The first-order chi connectivity index (χ1) is 23.5. The Hall–Kier alpha value is -2.96. The Bertz CT molecular complexity index is 1530. The van der Waals surface area contributed by atoms with E-state index in [1.165, 1.54) is 6.08 Å². The van der Waals surface area contributed by atoms with Gasteiger partial charge in [0.1, 0.15) is 12.1 Å². The number of sulfone groups is 1. The second-order valence-corrected chi connectivity index (χ2v) is 21.7. The van der Waals surface area contributed by atoms with Gasteiger partial charge in [0.05, 0.1) is 22.1 Å². The number of carbonyl (C=O) groups excluding carboxylic acids is 5. The average molecular weight is 732 g/mol. The first-order valence-electron chi connectivity index (χ1n) is 18.8. The molecule has 0 aromatic rings. The van der Waals surface area contributed by atoms with Crippen LogP contribution in [0.1, 0.15) is 107 Å². The van der Waals surface area contributed by atoms with Crippen molar-refractivity contribution in [2.45, 2.75) is 135 Å². The Balaban J connectivity index is 1.36. The predicted molar refractivity (Wildman–Crippen MR) is 195 cm³/mol. The number of amides is 5. The number of Topliss-reactive ketones (excluding diaryl/α,β-unsaturated/α-hetero) is 1. The molecule has 12 nitrogen and oxygen atoms in total. The smallest absolute Gasteiger partial charge is 0.315 e. The lowest BCUT2D eigenvalue weighted by atomic mass is 9.76. The van der Waals surface area contributed by atoms with Gasteiger partial charge in [-0.2, -0.15) is 0 Å². The van der Waals surface area contributed by atoms with Crippen LogP contribution < -0.4 is 21.3 Å². The first kappa shape index (κ1) is 39.3. The summed E-state index contributed by atoms with van der Waals surface area (Å²) in [6.07, 6.45) is 7.87. The van der Waals surface area contributed by atoms with Crippen LogP contribution in [0.4, 0.5) is 4.79 Å². The van der Waals surface area contributed by atoms with Gasteiger partial charge in [0, 0.05) is 13.1 Å². The summed E-state index contributed by atoms with van der Waals surface area (Å²) >= 11 is 0. The third-order valence-corrected chi connectivity index (χ3v) is 15.3. The lowest BCUT2D eigenvalue weighted by molar-refractivity contribution is -0.145. The van der Waals surface area contributed by atoms with Gasteiger partial charge >= 0.3 is 6.03 Å². The van der Waals surface area contributed by atoms with Gasteiger partial charge in [-0.1, -0.05) is 66.4 Å². The van der Waals surface area contributed by atoms with E-state index in [0.29, 0.717) is 37.6 Å². The van der Waals surface area contributed by atoms with Gasteiger partial charge in [-0.05, 0) is 86.9 Å². The second-order valence-electron chi connectivity index (χ2n) is 19.0. The molecule has 1 saturated heterocycles. The summed E-state index contributed by atoms with van der Waals surface area (Å²) in [5, 5.41) is 11.4. The number of fused-ring (bicyclic) bond motifs is 3. The van der Waals surface area contributed by atoms with E-state index in [0.717, 1.165) is 32.1 Å². The molecular weight excluding hydrogens is 671 g/mol. The van der Waals surface area contributed by atoms with Gasteiger partial charge in [0.25, 0.3) is 5.91 Å². The minimum Gasteiger partial charge on any atom is -0.346 e. The summed E-state index contributed by atoms with van der Waals surface area (Å²) in [5.74, 6) is -1.73. The number of nitrogens with one attached hydrogen (secondary N) is 4. The number of urea groups is 1. The van der Waals surface area contributed by atoms with Crippen molar-refractivity contribution in [3.63, 3.8) is 0 Å². The fraction of sp³-hybridized carbons (Fsp3) is 0.816. The molecule has 7 atom stereocenters. The van der Waals surface area contributed by atoms with Crippen LogP contribution in [0, 0.1) is 40.4 Å². The van der Waals surface area contributed by atoms with Gasteiger partial charge in [-0.15, -0.1) is 6.58 Å². The van der Waals surface area contributed by atoms with Crippen molar-refractivity contribution in [1.29, 1.82) is 0 Å². The van der Waals surface area contributed by atoms with Crippen molar-refractivity contribution in [3.8, 4) is 0 Å². The van der Waals surface area contributed by atoms with Crippen LogP contribution in [0.2, 0.25) is 0 Å². The predicted octanol–water partition coefficient (Wildman–Crippen LogP) is 3.50. The van der Waals surface area contributed by atoms with E-state index >= 15 is 0 Å². The third kappa shape index (κ3) is 8.33. The molecule has 13 heteroatoms. The molecule has 5 fully saturated rings. The van der Waals surface area contributed by atoms with Crippen LogP contribution in [0.25, 0.3) is 0 Å². The van der Waals surface area contributed by atoms with Gasteiger partial charge in [-0.25, -0.2) is 13.2 Å². The zero-order chi connectivity index (χ0) is 37.9. The Kier molecular flexibility index (Phi) is 10.6. The van der Waals surface area contributed by atoms with Gasteiger partial charge in [0.15, 0.2) is 9.84 Å². The second kappa shape index (κ2) is 13.8. The molecule has 1 aliphatic heterocycles. The lowest BCUT2D eigenvalue weighted by Gasteiger charge is -2.43. The summed E-state index contributed by atoms with van der Waals surface area (Å²) in [7, 11) is -3.58. The minimum atomic E-state index is -3.58. The molecule has 4 aliphatic carbocycles. The summed E-state index contributed by atoms with van der Waals surface area (Å²) in [5.41, 5.74) is -1.92. The number of carbonyl (C=O) groups is 5. The summed E-state index contributed by atoms with van der Waals surface area (Å²) in [4.78, 5) is 70.1.